The van der Waals surface area contributed by atoms with Crippen LogP contribution in [0.15, 0.2) is 23.1 Å². The molecule has 0 amide bonds. The fourth-order valence-electron chi connectivity index (χ4n) is 1.32. The van der Waals surface area contributed by atoms with Crippen LogP contribution in [0.2, 0.25) is 0 Å². The molecule has 4 nitrogen and oxygen atoms in total. The number of aryl methyl sites for hydroxylation is 1. The number of benzene rings is 1. The van der Waals surface area contributed by atoms with Crippen LogP contribution in [0.4, 0.5) is 0 Å². The summed E-state index contributed by atoms with van der Waals surface area (Å²) in [7, 11) is -3.55. The van der Waals surface area contributed by atoms with Crippen molar-refractivity contribution in [3.8, 4) is 17.9 Å². The third kappa shape index (κ3) is 3.32. The van der Waals surface area contributed by atoms with Gasteiger partial charge in [-0.25, -0.2) is 8.42 Å². The highest BCUT2D eigenvalue weighted by Crippen LogP contribution is 2.15. The summed E-state index contributed by atoms with van der Waals surface area (Å²) in [5.41, 5.74) is 0.982. The number of nitriles is 1. The quantitative estimate of drug-likeness (QED) is 0.816. The van der Waals surface area contributed by atoms with Crippen LogP contribution in [-0.2, 0) is 10.0 Å². The van der Waals surface area contributed by atoms with Crippen molar-refractivity contribution in [1.82, 2.24) is 4.72 Å². The molecular weight excluding hydrogens is 236 g/mol. The zero-order chi connectivity index (χ0) is 12.9. The first-order valence-electron chi connectivity index (χ1n) is 4.91. The van der Waals surface area contributed by atoms with Gasteiger partial charge in [0.15, 0.2) is 0 Å². The minimum Gasteiger partial charge on any atom is -0.207 e. The molecule has 0 aliphatic rings. The van der Waals surface area contributed by atoms with Crippen molar-refractivity contribution >= 4 is 10.0 Å². The van der Waals surface area contributed by atoms with Crippen molar-refractivity contribution in [3.63, 3.8) is 0 Å². The summed E-state index contributed by atoms with van der Waals surface area (Å²) in [4.78, 5) is 0.175. The first kappa shape index (κ1) is 13.2. The number of nitrogens with zero attached hydrogens (tertiary/aromatic N) is 1. The summed E-state index contributed by atoms with van der Waals surface area (Å²) in [5.74, 6) is 5.23. The van der Waals surface area contributed by atoms with Crippen LogP contribution >= 0.6 is 0 Å². The molecule has 0 saturated heterocycles. The van der Waals surface area contributed by atoms with Crippen molar-refractivity contribution in [3.05, 3.63) is 29.3 Å². The van der Waals surface area contributed by atoms with Crippen LogP contribution in [0.1, 0.15) is 18.1 Å². The van der Waals surface area contributed by atoms with Crippen LogP contribution in [-0.4, -0.2) is 15.0 Å². The lowest BCUT2D eigenvalue weighted by atomic mass is 10.2. The Hall–Kier alpha value is -1.82. The zero-order valence-electron chi connectivity index (χ0n) is 9.61. The molecule has 0 aliphatic carbocycles. The topological polar surface area (TPSA) is 70.0 Å². The predicted octanol–water partition coefficient (Wildman–Crippen LogP) is 1.17. The molecular formula is C12H12N2O2S. The van der Waals surface area contributed by atoms with E-state index in [2.05, 4.69) is 16.6 Å². The van der Waals surface area contributed by atoms with E-state index < -0.39 is 10.0 Å². The number of nitrogens with one attached hydrogen (secondary N) is 1. The Balaban J connectivity index is 3.07. The molecule has 0 fully saturated rings. The molecule has 0 heterocycles. The summed E-state index contributed by atoms with van der Waals surface area (Å²) < 4.78 is 26.1. The first-order valence-corrected chi connectivity index (χ1v) is 6.39. The van der Waals surface area contributed by atoms with Gasteiger partial charge in [-0.2, -0.15) is 9.98 Å². The van der Waals surface area contributed by atoms with Gasteiger partial charge in [-0.3, -0.25) is 0 Å². The van der Waals surface area contributed by atoms with Gasteiger partial charge in [0.05, 0.1) is 23.1 Å². The van der Waals surface area contributed by atoms with E-state index in [0.29, 0.717) is 11.1 Å². The molecule has 0 saturated carbocycles. The van der Waals surface area contributed by atoms with Crippen LogP contribution in [0.3, 0.4) is 0 Å². The van der Waals surface area contributed by atoms with Gasteiger partial charge in [0.1, 0.15) is 0 Å². The third-order valence-electron chi connectivity index (χ3n) is 2.12. The van der Waals surface area contributed by atoms with E-state index in [1.165, 1.54) is 12.1 Å². The summed E-state index contributed by atoms with van der Waals surface area (Å²) in [6, 6.07) is 6.41. The SMILES string of the molecule is CC#CCNS(=O)(=O)c1ccc(C#N)cc1C. The Morgan fingerprint density at radius 3 is 2.65 bits per heavy atom. The van der Waals surface area contributed by atoms with Crippen molar-refractivity contribution in [1.29, 1.82) is 5.26 Å². The van der Waals surface area contributed by atoms with E-state index in [1.807, 2.05) is 6.07 Å². The Kier molecular flexibility index (Phi) is 4.28. The van der Waals surface area contributed by atoms with Gasteiger partial charge >= 0.3 is 0 Å². The van der Waals surface area contributed by atoms with Crippen LogP contribution in [0.5, 0.6) is 0 Å². The van der Waals surface area contributed by atoms with E-state index in [1.54, 1.807) is 19.9 Å². The maximum absolute atomic E-state index is 11.9. The van der Waals surface area contributed by atoms with Gasteiger partial charge in [-0.15, -0.1) is 5.92 Å². The minimum atomic E-state index is -3.55. The predicted molar refractivity (Wildman–Crippen MR) is 64.5 cm³/mol. The Labute approximate surface area is 101 Å². The maximum Gasteiger partial charge on any atom is 0.241 e. The molecule has 0 aromatic heterocycles. The van der Waals surface area contributed by atoms with Gasteiger partial charge < -0.3 is 0 Å². The Bertz CT molecular complexity index is 616. The lowest BCUT2D eigenvalue weighted by molar-refractivity contribution is 0.585. The Morgan fingerprint density at radius 1 is 1.41 bits per heavy atom. The second kappa shape index (κ2) is 5.49. The van der Waals surface area contributed by atoms with Crippen molar-refractivity contribution in [2.75, 3.05) is 6.54 Å². The van der Waals surface area contributed by atoms with Gasteiger partial charge in [-0.05, 0) is 37.6 Å². The molecule has 1 rings (SSSR count). The standard InChI is InChI=1S/C12H12N2O2S/c1-3-4-7-14-17(15,16)12-6-5-11(9-13)8-10(12)2/h5-6,8,14H,7H2,1-2H3. The van der Waals surface area contributed by atoms with Crippen molar-refractivity contribution in [2.45, 2.75) is 18.7 Å². The molecule has 0 radical (unpaired) electrons. The molecule has 17 heavy (non-hydrogen) atoms. The minimum absolute atomic E-state index is 0.0816. The highest BCUT2D eigenvalue weighted by Gasteiger charge is 2.15. The molecule has 1 aromatic rings. The van der Waals surface area contributed by atoms with Crippen molar-refractivity contribution < 1.29 is 8.42 Å². The average molecular weight is 248 g/mol. The van der Waals surface area contributed by atoms with E-state index >= 15 is 0 Å². The summed E-state index contributed by atoms with van der Waals surface area (Å²) in [6.45, 7) is 3.38. The molecule has 0 aliphatic heterocycles. The maximum atomic E-state index is 11.9. The third-order valence-corrected chi connectivity index (χ3v) is 3.68. The lowest BCUT2D eigenvalue weighted by Crippen LogP contribution is -2.24. The molecule has 88 valence electrons. The molecule has 5 heteroatoms. The van der Waals surface area contributed by atoms with Crippen LogP contribution < -0.4 is 4.72 Å². The highest BCUT2D eigenvalue weighted by molar-refractivity contribution is 7.89. The van der Waals surface area contributed by atoms with E-state index in [9.17, 15) is 8.42 Å². The van der Waals surface area contributed by atoms with Crippen LogP contribution in [0.25, 0.3) is 0 Å². The lowest BCUT2D eigenvalue weighted by Gasteiger charge is -2.07. The van der Waals surface area contributed by atoms with Gasteiger partial charge in [0.25, 0.3) is 0 Å². The normalized spacial score (nSPS) is 10.2. The molecule has 1 N–H and O–H groups in total. The van der Waals surface area contributed by atoms with Gasteiger partial charge in [0, 0.05) is 0 Å². The average Bonchev–Trinajstić information content (AvgIpc) is 2.28. The second-order valence-corrected chi connectivity index (χ2v) is 5.08. The largest absolute Gasteiger partial charge is 0.241 e. The summed E-state index contributed by atoms with van der Waals surface area (Å²) >= 11 is 0. The number of hydrogen-bond acceptors (Lipinski definition) is 3. The summed E-state index contributed by atoms with van der Waals surface area (Å²) in [5, 5.41) is 8.70. The smallest absolute Gasteiger partial charge is 0.207 e. The molecule has 0 atom stereocenters. The number of hydrogen-bond donors (Lipinski definition) is 1. The highest BCUT2D eigenvalue weighted by atomic mass is 32.2. The fraction of sp³-hybridized carbons (Fsp3) is 0.250. The van der Waals surface area contributed by atoms with E-state index in [4.69, 9.17) is 5.26 Å². The zero-order valence-corrected chi connectivity index (χ0v) is 10.4. The Morgan fingerprint density at radius 2 is 2.12 bits per heavy atom. The fourth-order valence-corrected chi connectivity index (χ4v) is 2.47. The van der Waals surface area contributed by atoms with Gasteiger partial charge in [-0.1, -0.05) is 5.92 Å². The summed E-state index contributed by atoms with van der Waals surface area (Å²) in [6.07, 6.45) is 0. The number of rotatable bonds is 3. The van der Waals surface area contributed by atoms with Crippen molar-refractivity contribution in [2.24, 2.45) is 0 Å². The molecule has 0 bridgehead atoms. The van der Waals surface area contributed by atoms with E-state index in [-0.39, 0.29) is 11.4 Å². The molecule has 0 unspecified atom stereocenters. The number of sulfonamides is 1. The monoisotopic (exact) mass is 248 g/mol. The molecule has 1 aromatic carbocycles. The van der Waals surface area contributed by atoms with E-state index in [0.717, 1.165) is 0 Å². The second-order valence-electron chi connectivity index (χ2n) is 3.34. The van der Waals surface area contributed by atoms with Gasteiger partial charge in [0.2, 0.25) is 10.0 Å². The molecule has 0 spiro atoms. The van der Waals surface area contributed by atoms with Crippen LogP contribution in [0, 0.1) is 30.1 Å². The first-order chi connectivity index (χ1) is 8.01.